The second kappa shape index (κ2) is 8.48. The van der Waals surface area contributed by atoms with Gasteiger partial charge in [-0.1, -0.05) is 11.3 Å². The lowest BCUT2D eigenvalue weighted by Crippen LogP contribution is -2.14. The minimum absolute atomic E-state index is 0.217. The molecule has 2 N–H and O–H groups in total. The maximum absolute atomic E-state index is 12.9. The standard InChI is InChI=1S/C21H24N4O3S/c1-11(2)24-25-21-22-15-9-12(3)18(13(4)19(15)29-21)23-20(26)14-7-8-16(27-5)17(10-14)28-6/h7-10H,1-6H3,(H,22,25)(H,23,26). The van der Waals surface area contributed by atoms with Gasteiger partial charge in [0.2, 0.25) is 5.13 Å². The maximum atomic E-state index is 12.9. The van der Waals surface area contributed by atoms with Gasteiger partial charge in [0, 0.05) is 17.0 Å². The van der Waals surface area contributed by atoms with E-state index in [1.165, 1.54) is 11.3 Å². The number of anilines is 2. The number of benzene rings is 2. The van der Waals surface area contributed by atoms with Gasteiger partial charge in [-0.3, -0.25) is 10.2 Å². The zero-order valence-corrected chi connectivity index (χ0v) is 18.2. The van der Waals surface area contributed by atoms with Crippen LogP contribution in [0.3, 0.4) is 0 Å². The molecule has 1 amide bonds. The van der Waals surface area contributed by atoms with Crippen molar-refractivity contribution in [1.29, 1.82) is 0 Å². The molecule has 0 atom stereocenters. The number of carbonyl (C=O) groups excluding carboxylic acids is 1. The first-order valence-corrected chi connectivity index (χ1v) is 9.86. The summed E-state index contributed by atoms with van der Waals surface area (Å²) in [7, 11) is 3.10. The van der Waals surface area contributed by atoms with E-state index in [1.807, 2.05) is 33.8 Å². The number of aryl methyl sites for hydroxylation is 2. The van der Waals surface area contributed by atoms with Crippen LogP contribution in [0.1, 0.15) is 35.3 Å². The van der Waals surface area contributed by atoms with Gasteiger partial charge in [-0.15, -0.1) is 0 Å². The number of amides is 1. The highest BCUT2D eigenvalue weighted by atomic mass is 32.1. The number of aromatic nitrogens is 1. The molecule has 0 fully saturated rings. The van der Waals surface area contributed by atoms with Crippen molar-refractivity contribution in [3.63, 3.8) is 0 Å². The fourth-order valence-electron chi connectivity index (χ4n) is 2.95. The predicted octanol–water partition coefficient (Wildman–Crippen LogP) is 4.99. The summed E-state index contributed by atoms with van der Waals surface area (Å²) in [4.78, 5) is 17.4. The van der Waals surface area contributed by atoms with Gasteiger partial charge in [0.15, 0.2) is 11.5 Å². The summed E-state index contributed by atoms with van der Waals surface area (Å²) in [5, 5.41) is 7.95. The summed E-state index contributed by atoms with van der Waals surface area (Å²) in [6.45, 7) is 7.77. The number of nitrogens with zero attached hydrogens (tertiary/aromatic N) is 2. The molecule has 0 aliphatic heterocycles. The lowest BCUT2D eigenvalue weighted by Gasteiger charge is -2.13. The van der Waals surface area contributed by atoms with Crippen LogP contribution in [0.2, 0.25) is 0 Å². The fraction of sp³-hybridized carbons (Fsp3) is 0.286. The van der Waals surface area contributed by atoms with Crippen LogP contribution in [-0.2, 0) is 0 Å². The predicted molar refractivity (Wildman–Crippen MR) is 119 cm³/mol. The normalized spacial score (nSPS) is 10.6. The van der Waals surface area contributed by atoms with Gasteiger partial charge >= 0.3 is 0 Å². The van der Waals surface area contributed by atoms with Crippen LogP contribution >= 0.6 is 11.3 Å². The van der Waals surface area contributed by atoms with Crippen molar-refractivity contribution < 1.29 is 14.3 Å². The molecule has 29 heavy (non-hydrogen) atoms. The Hall–Kier alpha value is -3.13. The molecule has 0 aliphatic carbocycles. The highest BCUT2D eigenvalue weighted by Gasteiger charge is 2.16. The molecular weight excluding hydrogens is 388 g/mol. The van der Waals surface area contributed by atoms with Crippen molar-refractivity contribution in [3.8, 4) is 11.5 Å². The molecule has 2 aromatic carbocycles. The van der Waals surface area contributed by atoms with Crippen LogP contribution in [0.4, 0.5) is 10.8 Å². The van der Waals surface area contributed by atoms with Crippen molar-refractivity contribution in [2.45, 2.75) is 27.7 Å². The first-order chi connectivity index (χ1) is 13.8. The maximum Gasteiger partial charge on any atom is 0.255 e. The molecule has 1 aromatic heterocycles. The number of nitrogens with one attached hydrogen (secondary N) is 2. The SMILES string of the molecule is COc1ccc(C(=O)Nc2c(C)cc3nc(NN=C(C)C)sc3c2C)cc1OC. The molecule has 3 rings (SSSR count). The average Bonchev–Trinajstić information content (AvgIpc) is 3.11. The van der Waals surface area contributed by atoms with E-state index >= 15 is 0 Å². The van der Waals surface area contributed by atoms with Crippen LogP contribution in [0, 0.1) is 13.8 Å². The van der Waals surface area contributed by atoms with Crippen molar-refractivity contribution in [1.82, 2.24) is 4.98 Å². The van der Waals surface area contributed by atoms with Crippen LogP contribution in [0.5, 0.6) is 11.5 Å². The summed E-state index contributed by atoms with van der Waals surface area (Å²) in [6.07, 6.45) is 0. The van der Waals surface area contributed by atoms with E-state index in [0.29, 0.717) is 22.2 Å². The molecule has 0 bridgehead atoms. The first kappa shape index (κ1) is 20.6. The van der Waals surface area contributed by atoms with Crippen molar-refractivity contribution in [3.05, 3.63) is 41.0 Å². The van der Waals surface area contributed by atoms with Crippen molar-refractivity contribution in [2.75, 3.05) is 25.0 Å². The van der Waals surface area contributed by atoms with E-state index < -0.39 is 0 Å². The van der Waals surface area contributed by atoms with E-state index in [1.54, 1.807) is 32.4 Å². The molecule has 0 saturated carbocycles. The van der Waals surface area contributed by atoms with Gasteiger partial charge in [-0.2, -0.15) is 5.10 Å². The number of carbonyl (C=O) groups is 1. The molecular formula is C21H24N4O3S. The van der Waals surface area contributed by atoms with E-state index in [4.69, 9.17) is 9.47 Å². The van der Waals surface area contributed by atoms with E-state index in [0.717, 1.165) is 32.7 Å². The molecule has 0 saturated heterocycles. The molecule has 0 aliphatic rings. The quantitative estimate of drug-likeness (QED) is 0.440. The van der Waals surface area contributed by atoms with Crippen LogP contribution in [0.15, 0.2) is 29.4 Å². The Morgan fingerprint density at radius 3 is 2.48 bits per heavy atom. The smallest absolute Gasteiger partial charge is 0.255 e. The Kier molecular flexibility index (Phi) is 6.03. The van der Waals surface area contributed by atoms with Crippen LogP contribution in [0.25, 0.3) is 10.2 Å². The van der Waals surface area contributed by atoms with Crippen LogP contribution < -0.4 is 20.2 Å². The van der Waals surface area contributed by atoms with Gasteiger partial charge in [0.1, 0.15) is 0 Å². The third-order valence-electron chi connectivity index (χ3n) is 4.38. The number of rotatable bonds is 6. The Labute approximate surface area is 173 Å². The third kappa shape index (κ3) is 4.32. The molecule has 3 aromatic rings. The lowest BCUT2D eigenvalue weighted by atomic mass is 10.1. The highest BCUT2D eigenvalue weighted by Crippen LogP contribution is 2.35. The van der Waals surface area contributed by atoms with Gasteiger partial charge in [-0.05, 0) is 63.1 Å². The number of thiazole rings is 1. The molecule has 0 spiro atoms. The van der Waals surface area contributed by atoms with E-state index in [9.17, 15) is 4.79 Å². The summed E-state index contributed by atoms with van der Waals surface area (Å²) in [5.41, 5.74) is 7.94. The van der Waals surface area contributed by atoms with E-state index in [-0.39, 0.29) is 5.91 Å². The summed E-state index contributed by atoms with van der Waals surface area (Å²) in [5.74, 6) is 0.868. The number of hydrogen-bond donors (Lipinski definition) is 2. The topological polar surface area (TPSA) is 84.8 Å². The molecule has 1 heterocycles. The summed E-state index contributed by atoms with van der Waals surface area (Å²) < 4.78 is 11.5. The summed E-state index contributed by atoms with van der Waals surface area (Å²) >= 11 is 1.51. The van der Waals surface area contributed by atoms with Gasteiger partial charge < -0.3 is 14.8 Å². The number of hydrogen-bond acceptors (Lipinski definition) is 7. The monoisotopic (exact) mass is 412 g/mol. The zero-order valence-electron chi connectivity index (χ0n) is 17.3. The fourth-order valence-corrected chi connectivity index (χ4v) is 3.84. The third-order valence-corrected chi connectivity index (χ3v) is 5.47. The van der Waals surface area contributed by atoms with Crippen LogP contribution in [-0.4, -0.2) is 30.8 Å². The molecule has 8 heteroatoms. The second-order valence-electron chi connectivity index (χ2n) is 6.76. The Morgan fingerprint density at radius 2 is 1.83 bits per heavy atom. The molecule has 152 valence electrons. The molecule has 0 unspecified atom stereocenters. The Bertz CT molecular complexity index is 1100. The number of methoxy groups -OCH3 is 2. The first-order valence-electron chi connectivity index (χ1n) is 9.05. The minimum Gasteiger partial charge on any atom is -0.493 e. The van der Waals surface area contributed by atoms with Gasteiger partial charge in [0.25, 0.3) is 5.91 Å². The second-order valence-corrected chi connectivity index (χ2v) is 7.75. The van der Waals surface area contributed by atoms with Gasteiger partial charge in [0.05, 0.1) is 24.4 Å². The highest BCUT2D eigenvalue weighted by molar-refractivity contribution is 7.22. The number of ether oxygens (including phenoxy) is 2. The lowest BCUT2D eigenvalue weighted by molar-refractivity contribution is 0.102. The van der Waals surface area contributed by atoms with E-state index in [2.05, 4.69) is 20.8 Å². The van der Waals surface area contributed by atoms with Crippen molar-refractivity contribution in [2.24, 2.45) is 5.10 Å². The molecule has 0 radical (unpaired) electrons. The molecule has 7 nitrogen and oxygen atoms in total. The number of hydrazone groups is 1. The van der Waals surface area contributed by atoms with Crippen molar-refractivity contribution >= 4 is 44.0 Å². The minimum atomic E-state index is -0.217. The van der Waals surface area contributed by atoms with Gasteiger partial charge in [-0.25, -0.2) is 4.98 Å². The number of fused-ring (bicyclic) bond motifs is 1. The zero-order chi connectivity index (χ0) is 21.1. The Balaban J connectivity index is 1.93. The summed E-state index contributed by atoms with van der Waals surface area (Å²) in [6, 6.07) is 7.06. The average molecular weight is 413 g/mol. The largest absolute Gasteiger partial charge is 0.493 e. The Morgan fingerprint density at radius 1 is 1.10 bits per heavy atom.